The van der Waals surface area contributed by atoms with E-state index in [-0.39, 0.29) is 12.1 Å². The van der Waals surface area contributed by atoms with Crippen LogP contribution in [0.4, 0.5) is 0 Å². The minimum Gasteiger partial charge on any atom is -0.376 e. The molecule has 0 amide bonds. The summed E-state index contributed by atoms with van der Waals surface area (Å²) in [7, 11) is 0. The van der Waals surface area contributed by atoms with E-state index >= 15 is 0 Å². The number of hydrogen-bond acceptors (Lipinski definition) is 3. The Hall–Kier alpha value is -0.610. The Kier molecular flexibility index (Phi) is 5.45. The van der Waals surface area contributed by atoms with Gasteiger partial charge >= 0.3 is 0 Å². The molecule has 0 saturated carbocycles. The average Bonchev–Trinajstić information content (AvgIpc) is 2.42. The maximum Gasteiger partial charge on any atom is 0.100 e. The van der Waals surface area contributed by atoms with Crippen molar-refractivity contribution in [1.82, 2.24) is 5.32 Å². The molecule has 1 fully saturated rings. The number of benzene rings is 1. The highest BCUT2D eigenvalue weighted by atomic mass is 35.5. The van der Waals surface area contributed by atoms with Gasteiger partial charge in [0.2, 0.25) is 0 Å². The predicted molar refractivity (Wildman–Crippen MR) is 73.0 cm³/mol. The molecule has 0 aliphatic carbocycles. The summed E-state index contributed by atoms with van der Waals surface area (Å²) >= 11 is 5.93. The molecule has 1 saturated heterocycles. The van der Waals surface area contributed by atoms with Gasteiger partial charge in [0.15, 0.2) is 0 Å². The van der Waals surface area contributed by atoms with Gasteiger partial charge in [0, 0.05) is 5.02 Å². The Balaban J connectivity index is 2.10. The first-order valence-corrected chi connectivity index (χ1v) is 6.87. The lowest BCUT2D eigenvalue weighted by Crippen LogP contribution is -2.40. The van der Waals surface area contributed by atoms with E-state index in [0.717, 1.165) is 18.0 Å². The number of ether oxygens (including phenoxy) is 2. The summed E-state index contributed by atoms with van der Waals surface area (Å²) in [5, 5.41) is 4.28. The summed E-state index contributed by atoms with van der Waals surface area (Å²) in [5.41, 5.74) is 1.20. The Bertz CT molecular complexity index is 349. The van der Waals surface area contributed by atoms with Crippen molar-refractivity contribution in [3.8, 4) is 0 Å². The van der Waals surface area contributed by atoms with Crippen LogP contribution in [-0.4, -0.2) is 32.5 Å². The molecule has 1 heterocycles. The van der Waals surface area contributed by atoms with Crippen LogP contribution in [0, 0.1) is 0 Å². The zero-order chi connectivity index (χ0) is 12.8. The Labute approximate surface area is 113 Å². The van der Waals surface area contributed by atoms with Crippen molar-refractivity contribution in [3.05, 3.63) is 34.9 Å². The lowest BCUT2D eigenvalue weighted by molar-refractivity contribution is -0.102. The minimum absolute atomic E-state index is 0.0754. The summed E-state index contributed by atoms with van der Waals surface area (Å²) in [6.07, 6.45) is 1.17. The van der Waals surface area contributed by atoms with Gasteiger partial charge in [0.1, 0.15) is 6.10 Å². The highest BCUT2D eigenvalue weighted by molar-refractivity contribution is 6.30. The van der Waals surface area contributed by atoms with Crippen LogP contribution in [0.5, 0.6) is 0 Å². The van der Waals surface area contributed by atoms with Gasteiger partial charge in [-0.15, -0.1) is 0 Å². The molecule has 2 rings (SSSR count). The number of nitrogens with one attached hydrogen (secondary N) is 1. The second-order valence-electron chi connectivity index (χ2n) is 4.47. The fourth-order valence-electron chi connectivity index (χ4n) is 2.13. The molecule has 2 unspecified atom stereocenters. The highest BCUT2D eigenvalue weighted by Crippen LogP contribution is 2.23. The molecule has 18 heavy (non-hydrogen) atoms. The first-order chi connectivity index (χ1) is 8.81. The van der Waals surface area contributed by atoms with Crippen LogP contribution in [0.2, 0.25) is 5.02 Å². The fraction of sp³-hybridized carbons (Fsp3) is 0.571. The third-order valence-corrected chi connectivity index (χ3v) is 3.31. The molecule has 1 aliphatic heterocycles. The van der Waals surface area contributed by atoms with Crippen molar-refractivity contribution in [2.24, 2.45) is 0 Å². The molecule has 1 aromatic rings. The van der Waals surface area contributed by atoms with Gasteiger partial charge in [-0.1, -0.05) is 30.7 Å². The lowest BCUT2D eigenvalue weighted by Gasteiger charge is -2.31. The van der Waals surface area contributed by atoms with Crippen molar-refractivity contribution >= 4 is 11.6 Å². The summed E-state index contributed by atoms with van der Waals surface area (Å²) in [5.74, 6) is 0. The van der Waals surface area contributed by atoms with E-state index in [1.54, 1.807) is 0 Å². The topological polar surface area (TPSA) is 30.5 Å². The second kappa shape index (κ2) is 7.10. The van der Waals surface area contributed by atoms with Gasteiger partial charge in [-0.3, -0.25) is 0 Å². The molecule has 4 heteroatoms. The van der Waals surface area contributed by atoms with Crippen LogP contribution in [0.3, 0.4) is 0 Å². The summed E-state index contributed by atoms with van der Waals surface area (Å²) < 4.78 is 11.3. The summed E-state index contributed by atoms with van der Waals surface area (Å²) in [6, 6.07) is 8.10. The summed E-state index contributed by atoms with van der Waals surface area (Å²) in [4.78, 5) is 0. The van der Waals surface area contributed by atoms with Crippen molar-refractivity contribution < 1.29 is 9.47 Å². The molecule has 1 N–H and O–H groups in total. The molecule has 0 bridgehead atoms. The normalized spacial score (nSPS) is 21.8. The van der Waals surface area contributed by atoms with Gasteiger partial charge in [0.25, 0.3) is 0 Å². The largest absolute Gasteiger partial charge is 0.376 e. The predicted octanol–water partition coefficient (Wildman–Crippen LogP) is 2.80. The molecule has 1 aliphatic rings. The Morgan fingerprint density at radius 2 is 2.11 bits per heavy atom. The Morgan fingerprint density at radius 3 is 2.72 bits per heavy atom. The standard InChI is InChI=1S/C14H20ClNO2/c1-2-7-16-14(13-10-17-8-9-18-13)11-3-5-12(15)6-4-11/h3-6,13-14,16H,2,7-10H2,1H3. The van der Waals surface area contributed by atoms with E-state index in [1.165, 1.54) is 5.56 Å². The van der Waals surface area contributed by atoms with Crippen LogP contribution in [0.15, 0.2) is 24.3 Å². The molecule has 3 nitrogen and oxygen atoms in total. The van der Waals surface area contributed by atoms with Crippen LogP contribution in [-0.2, 0) is 9.47 Å². The maximum absolute atomic E-state index is 5.93. The molecule has 2 atom stereocenters. The minimum atomic E-state index is 0.0754. The monoisotopic (exact) mass is 269 g/mol. The number of halogens is 1. The lowest BCUT2D eigenvalue weighted by atomic mass is 10.0. The maximum atomic E-state index is 5.93. The molecular formula is C14H20ClNO2. The second-order valence-corrected chi connectivity index (χ2v) is 4.90. The fourth-order valence-corrected chi connectivity index (χ4v) is 2.26. The van der Waals surface area contributed by atoms with Crippen LogP contribution in [0.25, 0.3) is 0 Å². The zero-order valence-corrected chi connectivity index (χ0v) is 11.5. The van der Waals surface area contributed by atoms with Gasteiger partial charge in [-0.25, -0.2) is 0 Å². The van der Waals surface area contributed by atoms with E-state index in [0.29, 0.717) is 19.8 Å². The molecule has 0 spiro atoms. The summed E-state index contributed by atoms with van der Waals surface area (Å²) in [6.45, 7) is 5.13. The van der Waals surface area contributed by atoms with Gasteiger partial charge in [-0.05, 0) is 30.7 Å². The van der Waals surface area contributed by atoms with Crippen molar-refractivity contribution in [3.63, 3.8) is 0 Å². The molecule has 0 radical (unpaired) electrons. The van der Waals surface area contributed by atoms with Crippen LogP contribution >= 0.6 is 11.6 Å². The van der Waals surface area contributed by atoms with Crippen LogP contribution in [0.1, 0.15) is 24.9 Å². The Morgan fingerprint density at radius 1 is 1.33 bits per heavy atom. The number of rotatable bonds is 5. The van der Waals surface area contributed by atoms with E-state index in [4.69, 9.17) is 21.1 Å². The quantitative estimate of drug-likeness (QED) is 0.892. The van der Waals surface area contributed by atoms with E-state index in [9.17, 15) is 0 Å². The van der Waals surface area contributed by atoms with E-state index < -0.39 is 0 Å². The SMILES string of the molecule is CCCNC(c1ccc(Cl)cc1)C1COCCO1. The molecule has 1 aromatic carbocycles. The van der Waals surface area contributed by atoms with Gasteiger partial charge < -0.3 is 14.8 Å². The third kappa shape index (κ3) is 3.69. The van der Waals surface area contributed by atoms with Gasteiger partial charge in [-0.2, -0.15) is 0 Å². The molecular weight excluding hydrogens is 250 g/mol. The molecule has 0 aromatic heterocycles. The van der Waals surface area contributed by atoms with E-state index in [2.05, 4.69) is 12.2 Å². The average molecular weight is 270 g/mol. The highest BCUT2D eigenvalue weighted by Gasteiger charge is 2.25. The first-order valence-electron chi connectivity index (χ1n) is 6.49. The smallest absolute Gasteiger partial charge is 0.100 e. The zero-order valence-electron chi connectivity index (χ0n) is 10.7. The van der Waals surface area contributed by atoms with E-state index in [1.807, 2.05) is 24.3 Å². The molecule has 100 valence electrons. The van der Waals surface area contributed by atoms with Gasteiger partial charge in [0.05, 0.1) is 25.9 Å². The van der Waals surface area contributed by atoms with Crippen molar-refractivity contribution in [2.45, 2.75) is 25.5 Å². The third-order valence-electron chi connectivity index (χ3n) is 3.06. The van der Waals surface area contributed by atoms with Crippen molar-refractivity contribution in [1.29, 1.82) is 0 Å². The van der Waals surface area contributed by atoms with Crippen LogP contribution < -0.4 is 5.32 Å². The first kappa shape index (κ1) is 13.8. The number of hydrogen-bond donors (Lipinski definition) is 1. The van der Waals surface area contributed by atoms with Crippen molar-refractivity contribution in [2.75, 3.05) is 26.4 Å².